The highest BCUT2D eigenvalue weighted by molar-refractivity contribution is 4.85. The third-order valence-electron chi connectivity index (χ3n) is 8.53. The molecule has 1 fully saturated rings. The summed E-state index contributed by atoms with van der Waals surface area (Å²) in [5.74, 6) is 4.06. The van der Waals surface area contributed by atoms with Gasteiger partial charge in [-0.3, -0.25) is 0 Å². The van der Waals surface area contributed by atoms with Crippen LogP contribution in [0.5, 0.6) is 0 Å². The van der Waals surface area contributed by atoms with Gasteiger partial charge in [0.15, 0.2) is 0 Å². The lowest BCUT2D eigenvalue weighted by Gasteiger charge is -2.42. The van der Waals surface area contributed by atoms with Gasteiger partial charge in [0, 0.05) is 0 Å². The maximum absolute atomic E-state index is 5.64. The molecule has 0 aromatic rings. The van der Waals surface area contributed by atoms with Crippen molar-refractivity contribution >= 4 is 0 Å². The summed E-state index contributed by atoms with van der Waals surface area (Å²) >= 11 is 0. The molecule has 1 saturated carbocycles. The molecule has 0 aromatic carbocycles. The zero-order valence-electron chi connectivity index (χ0n) is 22.2. The number of hydrogen-bond acceptors (Lipinski definition) is 1. The van der Waals surface area contributed by atoms with Crippen LogP contribution in [-0.4, -0.2) is 6.54 Å². The molecule has 0 spiro atoms. The van der Waals surface area contributed by atoms with Crippen molar-refractivity contribution in [2.75, 3.05) is 6.54 Å². The quantitative estimate of drug-likeness (QED) is 0.178. The van der Waals surface area contributed by atoms with E-state index in [2.05, 4.69) is 20.8 Å². The molecule has 0 saturated heterocycles. The Bertz CT molecular complexity index is 363. The minimum Gasteiger partial charge on any atom is -0.330 e. The van der Waals surface area contributed by atoms with Crippen LogP contribution in [0.3, 0.4) is 0 Å². The van der Waals surface area contributed by atoms with E-state index in [1.54, 1.807) is 6.42 Å². The lowest BCUT2D eigenvalue weighted by atomic mass is 9.63. The van der Waals surface area contributed by atoms with Crippen molar-refractivity contribution in [3.8, 4) is 0 Å². The molecule has 4 unspecified atom stereocenters. The van der Waals surface area contributed by atoms with E-state index in [4.69, 9.17) is 5.73 Å². The highest BCUT2D eigenvalue weighted by Gasteiger charge is 2.35. The second-order valence-corrected chi connectivity index (χ2v) is 11.1. The van der Waals surface area contributed by atoms with E-state index in [0.717, 1.165) is 30.2 Å². The number of rotatable bonds is 21. The largest absolute Gasteiger partial charge is 0.330 e. The average Bonchev–Trinajstić information content (AvgIpc) is 2.78. The second kappa shape index (κ2) is 20.6. The van der Waals surface area contributed by atoms with Gasteiger partial charge in [0.05, 0.1) is 0 Å². The minimum atomic E-state index is 0.875. The topological polar surface area (TPSA) is 26.0 Å². The molecule has 1 heteroatoms. The highest BCUT2D eigenvalue weighted by Crippen LogP contribution is 2.45. The monoisotopic (exact) mass is 435 g/mol. The molecule has 1 nitrogen and oxygen atoms in total. The van der Waals surface area contributed by atoms with E-state index < -0.39 is 0 Å². The van der Waals surface area contributed by atoms with Crippen molar-refractivity contribution < 1.29 is 0 Å². The van der Waals surface area contributed by atoms with Crippen LogP contribution in [0, 0.1) is 23.7 Å². The minimum absolute atomic E-state index is 0.875. The Morgan fingerprint density at radius 1 is 0.516 bits per heavy atom. The van der Waals surface area contributed by atoms with E-state index in [9.17, 15) is 0 Å². The van der Waals surface area contributed by atoms with Gasteiger partial charge in [-0.15, -0.1) is 0 Å². The van der Waals surface area contributed by atoms with Gasteiger partial charge in [-0.05, 0) is 55.9 Å². The van der Waals surface area contributed by atoms with Gasteiger partial charge < -0.3 is 5.73 Å². The summed E-state index contributed by atoms with van der Waals surface area (Å²) in [5, 5.41) is 0. The first-order chi connectivity index (χ1) is 15.2. The third kappa shape index (κ3) is 14.0. The zero-order chi connectivity index (χ0) is 22.6. The average molecular weight is 436 g/mol. The maximum Gasteiger partial charge on any atom is -0.00773 e. The molecule has 4 atom stereocenters. The van der Waals surface area contributed by atoms with Crippen LogP contribution in [0.4, 0.5) is 0 Å². The molecule has 1 aliphatic rings. The number of unbranched alkanes of at least 4 members (excludes halogenated alkanes) is 14. The summed E-state index contributed by atoms with van der Waals surface area (Å²) < 4.78 is 0. The van der Waals surface area contributed by atoms with Crippen molar-refractivity contribution in [1.29, 1.82) is 0 Å². The third-order valence-corrected chi connectivity index (χ3v) is 8.53. The Labute approximate surface area is 198 Å². The van der Waals surface area contributed by atoms with Gasteiger partial charge in [0.25, 0.3) is 0 Å². The van der Waals surface area contributed by atoms with Crippen LogP contribution < -0.4 is 5.73 Å². The second-order valence-electron chi connectivity index (χ2n) is 11.1. The van der Waals surface area contributed by atoms with Crippen LogP contribution in [-0.2, 0) is 0 Å². The molecule has 186 valence electrons. The number of hydrogen-bond donors (Lipinski definition) is 1. The molecule has 0 radical (unpaired) electrons. The Kier molecular flexibility index (Phi) is 19.2. The molecule has 31 heavy (non-hydrogen) atoms. The molecule has 0 amide bonds. The predicted octanol–water partition coefficient (Wildman–Crippen LogP) is 10.1. The van der Waals surface area contributed by atoms with Crippen molar-refractivity contribution in [2.45, 2.75) is 162 Å². The van der Waals surface area contributed by atoms with Gasteiger partial charge in [0.2, 0.25) is 0 Å². The lowest BCUT2D eigenvalue weighted by Crippen LogP contribution is -2.33. The van der Waals surface area contributed by atoms with E-state index in [1.807, 2.05) is 0 Å². The van der Waals surface area contributed by atoms with Crippen LogP contribution in [0.25, 0.3) is 0 Å². The molecule has 0 heterocycles. The Morgan fingerprint density at radius 3 is 1.52 bits per heavy atom. The Balaban J connectivity index is 2.39. The van der Waals surface area contributed by atoms with Gasteiger partial charge in [-0.25, -0.2) is 0 Å². The summed E-state index contributed by atoms with van der Waals surface area (Å²) in [5.41, 5.74) is 5.64. The first kappa shape index (κ1) is 29.0. The summed E-state index contributed by atoms with van der Waals surface area (Å²) in [6.07, 6.45) is 32.0. The van der Waals surface area contributed by atoms with Crippen LogP contribution in [0.1, 0.15) is 162 Å². The van der Waals surface area contributed by atoms with Crippen molar-refractivity contribution in [1.82, 2.24) is 0 Å². The van der Waals surface area contributed by atoms with Gasteiger partial charge in [-0.2, -0.15) is 0 Å². The molecule has 0 bridgehead atoms. The molecular formula is C30H61N. The van der Waals surface area contributed by atoms with Gasteiger partial charge >= 0.3 is 0 Å². The smallest absolute Gasteiger partial charge is 0.00773 e. The number of nitrogens with two attached hydrogens (primary N) is 1. The standard InChI is InChI=1S/C30H61N/c1-4-6-8-10-11-14-18-22-29-25-24-28(21-17-9-7-5-2)27(3)30(29)23-19-15-12-13-16-20-26-31/h27-30H,4-26,31H2,1-3H3. The Morgan fingerprint density at radius 2 is 0.935 bits per heavy atom. The van der Waals surface area contributed by atoms with Crippen molar-refractivity contribution in [2.24, 2.45) is 29.4 Å². The van der Waals surface area contributed by atoms with E-state index >= 15 is 0 Å². The van der Waals surface area contributed by atoms with Gasteiger partial charge in [0.1, 0.15) is 0 Å². The highest BCUT2D eigenvalue weighted by atomic mass is 14.5. The molecule has 1 rings (SSSR count). The first-order valence-corrected chi connectivity index (χ1v) is 14.9. The normalized spacial score (nSPS) is 24.0. The maximum atomic E-state index is 5.64. The fourth-order valence-electron chi connectivity index (χ4n) is 6.38. The van der Waals surface area contributed by atoms with E-state index in [0.29, 0.717) is 0 Å². The SMILES string of the molecule is CCCCCCCCCC1CCC(CCCCCC)C(C)C1CCCCCCCCN. The lowest BCUT2D eigenvalue weighted by molar-refractivity contribution is 0.0780. The van der Waals surface area contributed by atoms with Crippen LogP contribution >= 0.6 is 0 Å². The first-order valence-electron chi connectivity index (χ1n) is 14.9. The zero-order valence-corrected chi connectivity index (χ0v) is 22.2. The van der Waals surface area contributed by atoms with E-state index in [1.165, 1.54) is 135 Å². The molecular weight excluding hydrogens is 374 g/mol. The summed E-state index contributed by atoms with van der Waals surface area (Å²) in [4.78, 5) is 0. The van der Waals surface area contributed by atoms with Crippen LogP contribution in [0.2, 0.25) is 0 Å². The molecule has 0 aliphatic heterocycles. The predicted molar refractivity (Wildman–Crippen MR) is 142 cm³/mol. The fourth-order valence-corrected chi connectivity index (χ4v) is 6.38. The van der Waals surface area contributed by atoms with Gasteiger partial charge in [-0.1, -0.05) is 136 Å². The summed E-state index contributed by atoms with van der Waals surface area (Å²) in [6.45, 7) is 8.18. The summed E-state index contributed by atoms with van der Waals surface area (Å²) in [7, 11) is 0. The fraction of sp³-hybridized carbons (Fsp3) is 1.00. The summed E-state index contributed by atoms with van der Waals surface area (Å²) in [6, 6.07) is 0. The van der Waals surface area contributed by atoms with Crippen molar-refractivity contribution in [3.05, 3.63) is 0 Å². The van der Waals surface area contributed by atoms with Crippen LogP contribution in [0.15, 0.2) is 0 Å². The van der Waals surface area contributed by atoms with E-state index in [-0.39, 0.29) is 0 Å². The van der Waals surface area contributed by atoms with Crippen molar-refractivity contribution in [3.63, 3.8) is 0 Å². The molecule has 0 aromatic heterocycles. The molecule has 1 aliphatic carbocycles. The molecule has 2 N–H and O–H groups in total. The Hall–Kier alpha value is -0.0400.